The molecule has 23 heavy (non-hydrogen) atoms. The van der Waals surface area contributed by atoms with Crippen molar-refractivity contribution in [3.05, 3.63) is 64.5 Å². The molecule has 118 valence electrons. The van der Waals surface area contributed by atoms with Crippen LogP contribution in [0.2, 0.25) is 0 Å². The van der Waals surface area contributed by atoms with Gasteiger partial charge in [0.2, 0.25) is 5.91 Å². The number of amides is 1. The van der Waals surface area contributed by atoms with Gasteiger partial charge in [-0.3, -0.25) is 9.59 Å². The van der Waals surface area contributed by atoms with E-state index in [4.69, 9.17) is 0 Å². The van der Waals surface area contributed by atoms with E-state index in [0.717, 1.165) is 5.56 Å². The molecule has 0 aromatic heterocycles. The van der Waals surface area contributed by atoms with Crippen LogP contribution < -0.4 is 4.90 Å². The van der Waals surface area contributed by atoms with Gasteiger partial charge in [0.15, 0.2) is 5.78 Å². The first-order chi connectivity index (χ1) is 11.0. The van der Waals surface area contributed by atoms with Crippen molar-refractivity contribution in [2.45, 2.75) is 33.2 Å². The molecule has 0 spiro atoms. The van der Waals surface area contributed by atoms with Gasteiger partial charge in [0, 0.05) is 18.4 Å². The number of carbonyl (C=O) groups excluding carboxylic acids is 2. The van der Waals surface area contributed by atoms with E-state index >= 15 is 0 Å². The van der Waals surface area contributed by atoms with Gasteiger partial charge >= 0.3 is 0 Å². The molecular formula is C19H18FNO2. The second-order valence-corrected chi connectivity index (χ2v) is 6.01. The summed E-state index contributed by atoms with van der Waals surface area (Å²) in [4.78, 5) is 26.3. The van der Waals surface area contributed by atoms with E-state index in [2.05, 4.69) is 0 Å². The monoisotopic (exact) mass is 311 g/mol. The lowest BCUT2D eigenvalue weighted by Gasteiger charge is -2.23. The average molecular weight is 311 g/mol. The number of hydrogen-bond acceptors (Lipinski definition) is 2. The molecule has 4 heteroatoms. The Balaban J connectivity index is 2.02. The molecule has 0 aliphatic carbocycles. The zero-order chi connectivity index (χ0) is 16.6. The van der Waals surface area contributed by atoms with Gasteiger partial charge in [-0.2, -0.15) is 0 Å². The number of ketones is 1. The third-order valence-corrected chi connectivity index (χ3v) is 4.19. The second-order valence-electron chi connectivity index (χ2n) is 6.01. The highest BCUT2D eigenvalue weighted by molar-refractivity contribution is 6.10. The highest BCUT2D eigenvalue weighted by Gasteiger charge is 2.26. The fourth-order valence-electron chi connectivity index (χ4n) is 2.82. The summed E-state index contributed by atoms with van der Waals surface area (Å²) in [6, 6.07) is 10.5. The minimum atomic E-state index is -0.287. The molecule has 0 N–H and O–H groups in total. The molecule has 1 aliphatic heterocycles. The fraction of sp³-hybridized carbons (Fsp3) is 0.263. The van der Waals surface area contributed by atoms with Gasteiger partial charge in [-0.1, -0.05) is 23.8 Å². The predicted octanol–water partition coefficient (Wildman–Crippen LogP) is 3.95. The van der Waals surface area contributed by atoms with Gasteiger partial charge in [0.05, 0.1) is 12.2 Å². The van der Waals surface area contributed by atoms with Crippen molar-refractivity contribution in [3.8, 4) is 0 Å². The van der Waals surface area contributed by atoms with Crippen molar-refractivity contribution in [2.24, 2.45) is 0 Å². The molecule has 0 saturated carbocycles. The van der Waals surface area contributed by atoms with Crippen LogP contribution in [0.3, 0.4) is 0 Å². The molecule has 0 atom stereocenters. The standard InChI is InChI=1S/C19H18FNO2/c1-12-3-6-17-15(9-12)18(22)7-8-19(23)21(17)11-14-5-4-13(2)16(20)10-14/h3-6,9-10H,7-8,11H2,1-2H3. The maximum absolute atomic E-state index is 13.8. The summed E-state index contributed by atoms with van der Waals surface area (Å²) in [6.45, 7) is 3.88. The van der Waals surface area contributed by atoms with Gasteiger partial charge < -0.3 is 4.90 Å². The first-order valence-electron chi connectivity index (χ1n) is 7.65. The lowest BCUT2D eigenvalue weighted by atomic mass is 10.0. The van der Waals surface area contributed by atoms with Crippen molar-refractivity contribution >= 4 is 17.4 Å². The van der Waals surface area contributed by atoms with Gasteiger partial charge in [-0.25, -0.2) is 4.39 Å². The number of carbonyl (C=O) groups is 2. The van der Waals surface area contributed by atoms with E-state index in [0.29, 0.717) is 22.4 Å². The molecule has 0 saturated heterocycles. The Morgan fingerprint density at radius 2 is 1.83 bits per heavy atom. The van der Waals surface area contributed by atoms with Crippen molar-refractivity contribution in [1.82, 2.24) is 0 Å². The van der Waals surface area contributed by atoms with Crippen LogP contribution >= 0.6 is 0 Å². The molecule has 0 fully saturated rings. The zero-order valence-electron chi connectivity index (χ0n) is 13.2. The summed E-state index contributed by atoms with van der Waals surface area (Å²) in [5.41, 5.74) is 3.45. The Kier molecular flexibility index (Phi) is 3.99. The lowest BCUT2D eigenvalue weighted by Crippen LogP contribution is -2.29. The number of hydrogen-bond donors (Lipinski definition) is 0. The molecule has 1 heterocycles. The number of benzene rings is 2. The molecule has 1 aliphatic rings. The molecule has 0 bridgehead atoms. The van der Waals surface area contributed by atoms with Crippen molar-refractivity contribution < 1.29 is 14.0 Å². The van der Waals surface area contributed by atoms with Crippen LogP contribution in [-0.4, -0.2) is 11.7 Å². The Hall–Kier alpha value is -2.49. The summed E-state index contributed by atoms with van der Waals surface area (Å²) >= 11 is 0. The number of fused-ring (bicyclic) bond motifs is 1. The van der Waals surface area contributed by atoms with Crippen LogP contribution in [0.5, 0.6) is 0 Å². The van der Waals surface area contributed by atoms with Crippen molar-refractivity contribution in [1.29, 1.82) is 0 Å². The summed E-state index contributed by atoms with van der Waals surface area (Å²) in [7, 11) is 0. The number of nitrogens with zero attached hydrogens (tertiary/aromatic N) is 1. The SMILES string of the molecule is Cc1ccc2c(c1)C(=O)CCC(=O)N2Cc1ccc(C)c(F)c1. The molecule has 3 nitrogen and oxygen atoms in total. The van der Waals surface area contributed by atoms with E-state index in [9.17, 15) is 14.0 Å². The van der Waals surface area contributed by atoms with E-state index in [1.165, 1.54) is 6.07 Å². The molecule has 0 unspecified atom stereocenters. The maximum Gasteiger partial charge on any atom is 0.227 e. The molecule has 0 radical (unpaired) electrons. The van der Waals surface area contributed by atoms with Crippen LogP contribution in [0.1, 0.15) is 39.9 Å². The summed E-state index contributed by atoms with van der Waals surface area (Å²) in [5, 5.41) is 0. The first-order valence-corrected chi connectivity index (χ1v) is 7.65. The van der Waals surface area contributed by atoms with Crippen LogP contribution in [0.15, 0.2) is 36.4 Å². The summed E-state index contributed by atoms with van der Waals surface area (Å²) in [5.74, 6) is -0.415. The lowest BCUT2D eigenvalue weighted by molar-refractivity contribution is -0.118. The topological polar surface area (TPSA) is 37.4 Å². The Labute approximate surface area is 134 Å². The Morgan fingerprint density at radius 3 is 2.57 bits per heavy atom. The molecule has 2 aromatic rings. The smallest absolute Gasteiger partial charge is 0.227 e. The van der Waals surface area contributed by atoms with Crippen LogP contribution in [0.4, 0.5) is 10.1 Å². The third kappa shape index (κ3) is 3.02. The largest absolute Gasteiger partial charge is 0.307 e. The Morgan fingerprint density at radius 1 is 1.04 bits per heavy atom. The van der Waals surface area contributed by atoms with E-state index in [1.807, 2.05) is 25.1 Å². The normalized spacial score (nSPS) is 14.7. The number of anilines is 1. The van der Waals surface area contributed by atoms with Crippen LogP contribution in [0, 0.1) is 19.7 Å². The number of aryl methyl sites for hydroxylation is 2. The van der Waals surface area contributed by atoms with Crippen molar-refractivity contribution in [3.63, 3.8) is 0 Å². The quantitative estimate of drug-likeness (QED) is 0.842. The predicted molar refractivity (Wildman–Crippen MR) is 87.1 cm³/mol. The van der Waals surface area contributed by atoms with E-state index in [1.54, 1.807) is 24.0 Å². The van der Waals surface area contributed by atoms with E-state index < -0.39 is 0 Å². The first kappa shape index (κ1) is 15.4. The second kappa shape index (κ2) is 5.95. The maximum atomic E-state index is 13.8. The Bertz CT molecular complexity index is 798. The zero-order valence-corrected chi connectivity index (χ0v) is 13.2. The van der Waals surface area contributed by atoms with Gasteiger partial charge in [-0.15, -0.1) is 0 Å². The van der Waals surface area contributed by atoms with Gasteiger partial charge in [0.1, 0.15) is 5.82 Å². The van der Waals surface area contributed by atoms with Crippen LogP contribution in [0.25, 0.3) is 0 Å². The highest BCUT2D eigenvalue weighted by atomic mass is 19.1. The van der Waals surface area contributed by atoms with Gasteiger partial charge in [0.25, 0.3) is 0 Å². The minimum Gasteiger partial charge on any atom is -0.307 e. The molecular weight excluding hydrogens is 293 g/mol. The number of rotatable bonds is 2. The summed E-state index contributed by atoms with van der Waals surface area (Å²) < 4.78 is 13.8. The molecule has 2 aromatic carbocycles. The number of halogens is 1. The summed E-state index contributed by atoms with van der Waals surface area (Å²) in [6.07, 6.45) is 0.398. The molecule has 1 amide bonds. The molecule has 3 rings (SSSR count). The average Bonchev–Trinajstić information content (AvgIpc) is 2.63. The number of Topliss-reactive ketones (excluding diaryl/α,β-unsaturated/α-hetero) is 1. The van der Waals surface area contributed by atoms with Crippen molar-refractivity contribution in [2.75, 3.05) is 4.90 Å². The van der Waals surface area contributed by atoms with E-state index in [-0.39, 0.29) is 36.9 Å². The van der Waals surface area contributed by atoms with Crippen LogP contribution in [-0.2, 0) is 11.3 Å². The highest BCUT2D eigenvalue weighted by Crippen LogP contribution is 2.29. The minimum absolute atomic E-state index is 0.0189. The fourth-order valence-corrected chi connectivity index (χ4v) is 2.82. The van der Waals surface area contributed by atoms with Gasteiger partial charge in [-0.05, 0) is 43.2 Å². The third-order valence-electron chi connectivity index (χ3n) is 4.19.